The van der Waals surface area contributed by atoms with Gasteiger partial charge in [-0.25, -0.2) is 15.0 Å². The molecule has 2 aromatic heterocycles. The highest BCUT2D eigenvalue weighted by Crippen LogP contribution is 2.38. The van der Waals surface area contributed by atoms with Gasteiger partial charge in [0.15, 0.2) is 17.5 Å². The Morgan fingerprint density at radius 3 is 1.46 bits per heavy atom. The summed E-state index contributed by atoms with van der Waals surface area (Å²) in [5.74, 6) is 1.87. The van der Waals surface area contributed by atoms with Gasteiger partial charge >= 0.3 is 0 Å². The van der Waals surface area contributed by atoms with Crippen LogP contribution in [0.25, 0.3) is 111 Å². The van der Waals surface area contributed by atoms with Gasteiger partial charge in [0.2, 0.25) is 0 Å². The maximum absolute atomic E-state index is 10.1. The third-order valence-electron chi connectivity index (χ3n) is 11.4. The van der Waals surface area contributed by atoms with E-state index in [1.54, 1.807) is 0 Å². The first-order valence-electron chi connectivity index (χ1n) is 20.3. The van der Waals surface area contributed by atoms with Crippen LogP contribution in [0, 0.1) is 11.3 Å². The molecular formula is C56H35N4O+. The van der Waals surface area contributed by atoms with Crippen LogP contribution in [0.3, 0.4) is 0 Å². The van der Waals surface area contributed by atoms with Crippen LogP contribution in [0.2, 0.25) is 0 Å². The maximum atomic E-state index is 10.1. The van der Waals surface area contributed by atoms with Crippen LogP contribution in [0.5, 0.6) is 0 Å². The summed E-state index contributed by atoms with van der Waals surface area (Å²) >= 11 is 0. The summed E-state index contributed by atoms with van der Waals surface area (Å²) in [6.07, 6.45) is 0. The molecule has 0 unspecified atom stereocenters. The average molecular weight is 780 g/mol. The van der Waals surface area contributed by atoms with Gasteiger partial charge in [0.25, 0.3) is 11.2 Å². The van der Waals surface area contributed by atoms with E-state index in [2.05, 4.69) is 146 Å². The van der Waals surface area contributed by atoms with Crippen LogP contribution in [-0.2, 0) is 0 Å². The number of nitriles is 1. The predicted molar refractivity (Wildman–Crippen MR) is 248 cm³/mol. The van der Waals surface area contributed by atoms with Crippen molar-refractivity contribution in [1.29, 1.82) is 5.26 Å². The number of nitrogens with zero attached hydrogens (tertiary/aromatic N) is 4. The monoisotopic (exact) mass is 779 g/mol. The van der Waals surface area contributed by atoms with Crippen molar-refractivity contribution in [2.75, 3.05) is 0 Å². The fraction of sp³-hybridized carbons (Fsp3) is 0. The minimum atomic E-state index is 0.608. The lowest BCUT2D eigenvalue weighted by Crippen LogP contribution is -2.00. The van der Waals surface area contributed by atoms with Crippen molar-refractivity contribution >= 4 is 32.7 Å². The number of rotatable bonds is 7. The number of aromatic nitrogens is 3. The fourth-order valence-electron chi connectivity index (χ4n) is 8.26. The lowest BCUT2D eigenvalue weighted by atomic mass is 9.93. The first-order chi connectivity index (χ1) is 30.1. The SMILES string of the molecule is N#Cc1cc(-c2ccc3ccc(-c4ccc(-c5nc(-c6ccccc6)nc(-c6ccc(-c7ccccc7)cc6)n5)cc4)cc3c2)cc(-c2cccc3c2[oH+]c2ccccc23)c1. The zero-order valence-corrected chi connectivity index (χ0v) is 32.9. The minimum absolute atomic E-state index is 0.608. The summed E-state index contributed by atoms with van der Waals surface area (Å²) in [5, 5.41) is 14.6. The van der Waals surface area contributed by atoms with Gasteiger partial charge in [0.05, 0.1) is 28.0 Å². The highest BCUT2D eigenvalue weighted by atomic mass is 16.3. The van der Waals surface area contributed by atoms with Crippen LogP contribution in [0.1, 0.15) is 5.56 Å². The molecule has 2 heterocycles. The van der Waals surface area contributed by atoms with Crippen molar-refractivity contribution in [2.45, 2.75) is 0 Å². The van der Waals surface area contributed by atoms with E-state index in [0.29, 0.717) is 23.0 Å². The molecule has 0 spiro atoms. The fourth-order valence-corrected chi connectivity index (χ4v) is 8.26. The van der Waals surface area contributed by atoms with E-state index in [9.17, 15) is 5.26 Å². The lowest BCUT2D eigenvalue weighted by molar-refractivity contribution is 0.670. The first-order valence-corrected chi connectivity index (χ1v) is 20.3. The summed E-state index contributed by atoms with van der Waals surface area (Å²) in [7, 11) is 0. The molecule has 0 aliphatic carbocycles. The quantitative estimate of drug-likeness (QED) is 0.151. The Bertz CT molecular complexity index is 3460. The van der Waals surface area contributed by atoms with Crippen LogP contribution < -0.4 is 0 Å². The second-order valence-corrected chi connectivity index (χ2v) is 15.2. The third-order valence-corrected chi connectivity index (χ3v) is 11.4. The molecule has 0 fully saturated rings. The predicted octanol–water partition coefficient (Wildman–Crippen LogP) is 14.6. The summed E-state index contributed by atoms with van der Waals surface area (Å²) in [6, 6.07) is 73.3. The molecule has 61 heavy (non-hydrogen) atoms. The Morgan fingerprint density at radius 1 is 0.344 bits per heavy atom. The number of fused-ring (bicyclic) bond motifs is 4. The Balaban J connectivity index is 0.925. The lowest BCUT2D eigenvalue weighted by Gasteiger charge is -2.11. The van der Waals surface area contributed by atoms with E-state index < -0.39 is 0 Å². The molecule has 0 saturated carbocycles. The van der Waals surface area contributed by atoms with Crippen molar-refractivity contribution in [3.05, 3.63) is 212 Å². The standard InChI is InChI=1S/C56H34N4O/c57-35-36-30-46(34-48(31-36)49-15-9-16-51-50-14-7-8-17-52(50)61-53(49)51)45-29-23-40-22-28-44(32-47(40)33-45)39-20-26-43(27-21-39)56-59-54(41-12-5-2-6-13-41)58-55(60-56)42-24-18-38(19-25-42)37-10-3-1-4-11-37/h1-34H/p+1. The van der Waals surface area contributed by atoms with E-state index in [-0.39, 0.29) is 0 Å². The van der Waals surface area contributed by atoms with Gasteiger partial charge in [-0.15, -0.1) is 0 Å². The van der Waals surface area contributed by atoms with Gasteiger partial charge in [0.1, 0.15) is 0 Å². The van der Waals surface area contributed by atoms with Crippen molar-refractivity contribution in [2.24, 2.45) is 0 Å². The van der Waals surface area contributed by atoms with Gasteiger partial charge in [-0.05, 0) is 98.2 Å². The number of benzene rings is 9. The molecule has 9 aromatic carbocycles. The molecule has 5 heteroatoms. The first kappa shape index (κ1) is 35.7. The number of furan rings is 1. The average Bonchev–Trinajstić information content (AvgIpc) is 3.73. The number of hydrogen-bond acceptors (Lipinski definition) is 4. The Morgan fingerprint density at radius 2 is 0.820 bits per heavy atom. The minimum Gasteiger partial charge on any atom is -0.545 e. The third kappa shape index (κ3) is 6.78. The highest BCUT2D eigenvalue weighted by molar-refractivity contribution is 6.09. The van der Waals surface area contributed by atoms with Crippen LogP contribution in [0.15, 0.2) is 211 Å². The normalized spacial score (nSPS) is 11.3. The van der Waals surface area contributed by atoms with E-state index >= 15 is 0 Å². The molecule has 0 saturated heterocycles. The number of hydrogen-bond donors (Lipinski definition) is 0. The second kappa shape index (κ2) is 15.0. The molecule has 0 aliphatic heterocycles. The molecule has 284 valence electrons. The van der Waals surface area contributed by atoms with Crippen LogP contribution in [0.4, 0.5) is 0 Å². The van der Waals surface area contributed by atoms with E-state index in [0.717, 1.165) is 93.9 Å². The Kier molecular flexibility index (Phi) is 8.80. The van der Waals surface area contributed by atoms with Gasteiger partial charge in [-0.3, -0.25) is 0 Å². The second-order valence-electron chi connectivity index (χ2n) is 15.2. The molecule has 1 N–H and O–H groups in total. The van der Waals surface area contributed by atoms with Crippen LogP contribution in [-0.4, -0.2) is 15.0 Å². The zero-order chi connectivity index (χ0) is 40.7. The zero-order valence-electron chi connectivity index (χ0n) is 32.9. The molecule has 11 rings (SSSR count). The molecule has 11 aromatic rings. The van der Waals surface area contributed by atoms with Gasteiger partial charge in [-0.1, -0.05) is 152 Å². The molecule has 0 atom stereocenters. The van der Waals surface area contributed by atoms with Crippen molar-refractivity contribution in [3.8, 4) is 84.7 Å². The van der Waals surface area contributed by atoms with E-state index in [1.165, 1.54) is 0 Å². The molecule has 5 nitrogen and oxygen atoms in total. The Labute approximate surface area is 352 Å². The highest BCUT2D eigenvalue weighted by Gasteiger charge is 2.19. The Hall–Kier alpha value is -8.46. The van der Waals surface area contributed by atoms with Gasteiger partial charge in [0, 0.05) is 22.8 Å². The molecular weight excluding hydrogens is 745 g/mol. The summed E-state index contributed by atoms with van der Waals surface area (Å²) < 4.78 is 5.00. The number of para-hydroxylation sites is 2. The smallest absolute Gasteiger partial charge is 0.277 e. The van der Waals surface area contributed by atoms with Crippen molar-refractivity contribution in [1.82, 2.24) is 15.0 Å². The van der Waals surface area contributed by atoms with E-state index in [1.807, 2.05) is 66.7 Å². The largest absolute Gasteiger partial charge is 0.545 e. The summed E-state index contributed by atoms with van der Waals surface area (Å²) in [6.45, 7) is 0. The van der Waals surface area contributed by atoms with E-state index in [4.69, 9.17) is 19.4 Å². The van der Waals surface area contributed by atoms with Crippen molar-refractivity contribution < 1.29 is 4.42 Å². The molecule has 0 radical (unpaired) electrons. The van der Waals surface area contributed by atoms with Gasteiger partial charge in [-0.2, -0.15) is 5.26 Å². The van der Waals surface area contributed by atoms with Crippen LogP contribution >= 0.6 is 0 Å². The molecule has 0 bridgehead atoms. The summed E-state index contributed by atoms with van der Waals surface area (Å²) in [4.78, 5) is 14.9. The topological polar surface area (TPSA) is 75.3 Å². The maximum Gasteiger partial charge on any atom is 0.277 e. The van der Waals surface area contributed by atoms with Gasteiger partial charge < -0.3 is 4.42 Å². The van der Waals surface area contributed by atoms with Crippen molar-refractivity contribution in [3.63, 3.8) is 0 Å². The molecule has 0 amide bonds. The summed E-state index contributed by atoms with van der Waals surface area (Å²) in [5.41, 5.74) is 13.8. The molecule has 0 aliphatic rings.